The normalized spacial score (nSPS) is 11.8. The third-order valence-electron chi connectivity index (χ3n) is 4.68. The minimum absolute atomic E-state index is 0.132. The second-order valence-corrected chi connectivity index (χ2v) is 6.78. The fourth-order valence-electron chi connectivity index (χ4n) is 3.24. The van der Waals surface area contributed by atoms with Crippen LogP contribution in [0.2, 0.25) is 0 Å². The molecular formula is C22H21N5O. The highest BCUT2D eigenvalue weighted by atomic mass is 16.1. The highest BCUT2D eigenvalue weighted by molar-refractivity contribution is 5.97. The van der Waals surface area contributed by atoms with E-state index < -0.39 is 0 Å². The lowest BCUT2D eigenvalue weighted by molar-refractivity contribution is 0.945. The molecule has 6 heteroatoms. The fraction of sp³-hybridized carbons (Fsp3) is 0.136. The van der Waals surface area contributed by atoms with Crippen LogP contribution in [0.4, 0.5) is 5.95 Å². The van der Waals surface area contributed by atoms with Gasteiger partial charge >= 0.3 is 0 Å². The first-order chi connectivity index (χ1) is 13.5. The molecule has 4 rings (SSSR count). The summed E-state index contributed by atoms with van der Waals surface area (Å²) in [5.74, 6) is 0.376. The van der Waals surface area contributed by atoms with Crippen molar-refractivity contribution in [2.75, 3.05) is 5.43 Å². The molecule has 6 nitrogen and oxygen atoms in total. The van der Waals surface area contributed by atoms with Crippen LogP contribution in [0.15, 0.2) is 70.7 Å². The van der Waals surface area contributed by atoms with Crippen molar-refractivity contribution in [3.8, 4) is 5.69 Å². The Bertz CT molecular complexity index is 1240. The van der Waals surface area contributed by atoms with Gasteiger partial charge in [0.05, 0.1) is 28.0 Å². The molecule has 0 aliphatic carbocycles. The number of hydrogen-bond donors (Lipinski definition) is 2. The molecule has 0 spiro atoms. The molecule has 0 fully saturated rings. The van der Waals surface area contributed by atoms with Crippen LogP contribution < -0.4 is 11.0 Å². The van der Waals surface area contributed by atoms with E-state index in [0.29, 0.717) is 16.9 Å². The van der Waals surface area contributed by atoms with Crippen LogP contribution in [-0.2, 0) is 0 Å². The van der Waals surface area contributed by atoms with Gasteiger partial charge in [-0.05, 0) is 56.7 Å². The lowest BCUT2D eigenvalue weighted by Crippen LogP contribution is -2.23. The topological polar surface area (TPSA) is 75.1 Å². The smallest absolute Gasteiger partial charge is 0.267 e. The number of nitrogens with one attached hydrogen (secondary N) is 2. The van der Waals surface area contributed by atoms with E-state index in [1.807, 2.05) is 75.5 Å². The summed E-state index contributed by atoms with van der Waals surface area (Å²) < 4.78 is 1.59. The van der Waals surface area contributed by atoms with Gasteiger partial charge in [-0.1, -0.05) is 29.8 Å². The lowest BCUT2D eigenvalue weighted by atomic mass is 10.1. The van der Waals surface area contributed by atoms with Crippen molar-refractivity contribution in [1.29, 1.82) is 0 Å². The standard InChI is InChI=1S/C22H21N5O/c1-14-10-11-20(15(2)13-14)27-21(28)17-7-4-5-8-19(17)24-22(27)26-25-16(3)18-9-6-12-23-18/h4-13,23H,1-3H3,(H,24,26)/b25-16+. The van der Waals surface area contributed by atoms with Gasteiger partial charge in [0, 0.05) is 6.20 Å². The molecule has 0 aliphatic heterocycles. The summed E-state index contributed by atoms with van der Waals surface area (Å²) in [4.78, 5) is 21.1. The molecule has 0 saturated heterocycles. The van der Waals surface area contributed by atoms with Crippen LogP contribution in [0.1, 0.15) is 23.7 Å². The van der Waals surface area contributed by atoms with Gasteiger partial charge in [0.2, 0.25) is 5.95 Å². The monoisotopic (exact) mass is 371 g/mol. The van der Waals surface area contributed by atoms with Crippen LogP contribution in [0.25, 0.3) is 16.6 Å². The lowest BCUT2D eigenvalue weighted by Gasteiger charge is -2.15. The SMILES string of the molecule is C/C(=N\Nc1nc2ccccc2c(=O)n1-c1ccc(C)cc1C)c1ccc[nH]1. The molecule has 0 unspecified atom stereocenters. The van der Waals surface area contributed by atoms with E-state index in [0.717, 1.165) is 28.2 Å². The molecule has 0 amide bonds. The van der Waals surface area contributed by atoms with Crippen molar-refractivity contribution < 1.29 is 0 Å². The molecule has 0 saturated carbocycles. The van der Waals surface area contributed by atoms with Crippen molar-refractivity contribution >= 4 is 22.6 Å². The number of aromatic amines is 1. The van der Waals surface area contributed by atoms with Gasteiger partial charge in [-0.3, -0.25) is 4.79 Å². The maximum atomic E-state index is 13.3. The number of hydrogen-bond acceptors (Lipinski definition) is 4. The van der Waals surface area contributed by atoms with Gasteiger partial charge in [0.15, 0.2) is 0 Å². The second-order valence-electron chi connectivity index (χ2n) is 6.78. The van der Waals surface area contributed by atoms with Gasteiger partial charge in [-0.15, -0.1) is 0 Å². The Hall–Kier alpha value is -3.67. The predicted molar refractivity (Wildman–Crippen MR) is 113 cm³/mol. The zero-order valence-electron chi connectivity index (χ0n) is 16.0. The highest BCUT2D eigenvalue weighted by Gasteiger charge is 2.14. The minimum atomic E-state index is -0.132. The van der Waals surface area contributed by atoms with Crippen LogP contribution in [0.3, 0.4) is 0 Å². The Labute approximate surface area is 162 Å². The first kappa shape index (κ1) is 17.7. The highest BCUT2D eigenvalue weighted by Crippen LogP contribution is 2.20. The first-order valence-electron chi connectivity index (χ1n) is 9.08. The number of benzene rings is 2. The zero-order chi connectivity index (χ0) is 19.7. The molecule has 140 valence electrons. The van der Waals surface area contributed by atoms with E-state index in [-0.39, 0.29) is 5.56 Å². The summed E-state index contributed by atoms with van der Waals surface area (Å²) >= 11 is 0. The van der Waals surface area contributed by atoms with Crippen LogP contribution in [-0.4, -0.2) is 20.2 Å². The number of aromatic nitrogens is 3. The number of aryl methyl sites for hydroxylation is 2. The summed E-state index contributed by atoms with van der Waals surface area (Å²) in [5.41, 5.74) is 8.06. The van der Waals surface area contributed by atoms with Crippen molar-refractivity contribution in [2.24, 2.45) is 5.10 Å². The first-order valence-corrected chi connectivity index (χ1v) is 9.08. The predicted octanol–water partition coefficient (Wildman–Crippen LogP) is 4.17. The molecule has 0 atom stereocenters. The number of H-pyrrole nitrogens is 1. The molecule has 2 N–H and O–H groups in total. The van der Waals surface area contributed by atoms with Crippen LogP contribution in [0, 0.1) is 13.8 Å². The molecule has 0 bridgehead atoms. The number of hydrazone groups is 1. The van der Waals surface area contributed by atoms with Crippen LogP contribution in [0.5, 0.6) is 0 Å². The van der Waals surface area contributed by atoms with E-state index >= 15 is 0 Å². The summed E-state index contributed by atoms with van der Waals surface area (Å²) in [6.07, 6.45) is 1.84. The van der Waals surface area contributed by atoms with Crippen molar-refractivity contribution in [1.82, 2.24) is 14.5 Å². The maximum Gasteiger partial charge on any atom is 0.267 e. The summed E-state index contributed by atoms with van der Waals surface area (Å²) in [6, 6.07) is 17.2. The molecule has 2 heterocycles. The minimum Gasteiger partial charge on any atom is -0.360 e. The Kier molecular flexibility index (Phi) is 4.53. The Balaban J connectivity index is 1.91. The van der Waals surface area contributed by atoms with E-state index in [9.17, 15) is 4.79 Å². The largest absolute Gasteiger partial charge is 0.360 e. The third-order valence-corrected chi connectivity index (χ3v) is 4.68. The van der Waals surface area contributed by atoms with Crippen molar-refractivity contribution in [3.05, 3.63) is 88.0 Å². The second kappa shape index (κ2) is 7.15. The molecule has 4 aromatic rings. The van der Waals surface area contributed by atoms with E-state index in [4.69, 9.17) is 0 Å². The average molecular weight is 371 g/mol. The summed E-state index contributed by atoms with van der Waals surface area (Å²) in [5, 5.41) is 5.00. The van der Waals surface area contributed by atoms with Gasteiger partial charge in [-0.25, -0.2) is 15.0 Å². The number of para-hydroxylation sites is 1. The number of rotatable bonds is 4. The van der Waals surface area contributed by atoms with E-state index in [1.54, 1.807) is 10.6 Å². The van der Waals surface area contributed by atoms with Gasteiger partial charge < -0.3 is 4.98 Å². The summed E-state index contributed by atoms with van der Waals surface area (Å²) in [7, 11) is 0. The molecule has 0 aliphatic rings. The van der Waals surface area contributed by atoms with E-state index in [2.05, 4.69) is 20.5 Å². The van der Waals surface area contributed by atoms with Gasteiger partial charge in [0.1, 0.15) is 0 Å². The summed E-state index contributed by atoms with van der Waals surface area (Å²) in [6.45, 7) is 5.90. The third kappa shape index (κ3) is 3.20. The zero-order valence-corrected chi connectivity index (χ0v) is 16.0. The van der Waals surface area contributed by atoms with Crippen molar-refractivity contribution in [3.63, 3.8) is 0 Å². The van der Waals surface area contributed by atoms with Gasteiger partial charge in [0.25, 0.3) is 5.56 Å². The van der Waals surface area contributed by atoms with Crippen molar-refractivity contribution in [2.45, 2.75) is 20.8 Å². The van der Waals surface area contributed by atoms with Gasteiger partial charge in [-0.2, -0.15) is 5.10 Å². The number of anilines is 1. The molecular weight excluding hydrogens is 350 g/mol. The molecule has 2 aromatic heterocycles. The Morgan fingerprint density at radius 2 is 1.93 bits per heavy atom. The fourth-order valence-corrected chi connectivity index (χ4v) is 3.24. The average Bonchev–Trinajstić information content (AvgIpc) is 3.22. The maximum absolute atomic E-state index is 13.3. The number of nitrogens with zero attached hydrogens (tertiary/aromatic N) is 3. The van der Waals surface area contributed by atoms with E-state index in [1.165, 1.54) is 0 Å². The molecule has 28 heavy (non-hydrogen) atoms. The molecule has 2 aromatic carbocycles. The van der Waals surface area contributed by atoms with Crippen LogP contribution >= 0.6 is 0 Å². The Morgan fingerprint density at radius 1 is 1.11 bits per heavy atom. The molecule has 0 radical (unpaired) electrons. The Morgan fingerprint density at radius 3 is 2.68 bits per heavy atom. The quantitative estimate of drug-likeness (QED) is 0.418. The number of fused-ring (bicyclic) bond motifs is 1.